The maximum atomic E-state index is 8.42. The van der Waals surface area contributed by atoms with E-state index in [1.54, 1.807) is 6.92 Å². The first-order valence-corrected chi connectivity index (χ1v) is 2.75. The summed E-state index contributed by atoms with van der Waals surface area (Å²) in [6, 6.07) is 3.76. The van der Waals surface area contributed by atoms with Crippen LogP contribution in [-0.2, 0) is 4.74 Å². The van der Waals surface area contributed by atoms with Crippen LogP contribution < -0.4 is 0 Å². The lowest BCUT2D eigenvalue weighted by Gasteiger charge is -1.94. The van der Waals surface area contributed by atoms with E-state index in [4.69, 9.17) is 10.5 Å². The molecule has 3 heteroatoms. The Bertz CT molecular complexity index is 217. The van der Waals surface area contributed by atoms with Gasteiger partial charge in [0.15, 0.2) is 0 Å². The predicted octanol–water partition coefficient (Wildman–Crippen LogP) is 0.996. The summed E-state index contributed by atoms with van der Waals surface area (Å²) in [6.07, 6.45) is 0. The van der Waals surface area contributed by atoms with Crippen LogP contribution >= 0.6 is 0 Å². The Hall–Kier alpha value is -1.32. The van der Waals surface area contributed by atoms with Gasteiger partial charge in [-0.2, -0.15) is 10.5 Å². The van der Waals surface area contributed by atoms with Crippen LogP contribution in [0.25, 0.3) is 0 Å². The van der Waals surface area contributed by atoms with E-state index in [0.717, 1.165) is 0 Å². The smallest absolute Gasteiger partial charge is 0.0982 e. The summed E-state index contributed by atoms with van der Waals surface area (Å²) < 4.78 is 4.69. The summed E-state index contributed by atoms with van der Waals surface area (Å²) >= 11 is 0. The largest absolute Gasteiger partial charge is 0.379 e. The zero-order valence-corrected chi connectivity index (χ0v) is 6.01. The van der Waals surface area contributed by atoms with Gasteiger partial charge in [0, 0.05) is 12.7 Å². The third-order valence-electron chi connectivity index (χ3n) is 1.04. The Morgan fingerprint density at radius 3 is 2.30 bits per heavy atom. The van der Waals surface area contributed by atoms with Crippen molar-refractivity contribution in [2.45, 2.75) is 6.92 Å². The topological polar surface area (TPSA) is 56.8 Å². The van der Waals surface area contributed by atoms with Gasteiger partial charge in [0.05, 0.1) is 24.3 Å². The highest BCUT2D eigenvalue weighted by atomic mass is 16.5. The summed E-state index contributed by atoms with van der Waals surface area (Å²) in [7, 11) is 1.49. The lowest BCUT2D eigenvalue weighted by atomic mass is 10.2. The molecule has 0 amide bonds. The molecule has 0 aromatic rings. The standard InChI is InChI=1S/C7H8N2O/c1-6(3-8)7(4-9)5-10-2/h5H2,1-2H3/b7-6-. The minimum atomic E-state index is 0.218. The highest BCUT2D eigenvalue weighted by Crippen LogP contribution is 2.00. The molecule has 52 valence electrons. The van der Waals surface area contributed by atoms with Crippen molar-refractivity contribution in [3.05, 3.63) is 11.1 Å². The van der Waals surface area contributed by atoms with Gasteiger partial charge in [0.2, 0.25) is 0 Å². The molecule has 0 heterocycles. The molecular formula is C7H8N2O. The summed E-state index contributed by atoms with van der Waals surface area (Å²) in [5.74, 6) is 0. The Labute approximate surface area is 60.1 Å². The third-order valence-corrected chi connectivity index (χ3v) is 1.04. The number of nitrogens with zero attached hydrogens (tertiary/aromatic N) is 2. The molecule has 0 saturated heterocycles. The number of hydrogen-bond donors (Lipinski definition) is 0. The van der Waals surface area contributed by atoms with Gasteiger partial charge >= 0.3 is 0 Å². The van der Waals surface area contributed by atoms with Crippen LogP contribution in [0.2, 0.25) is 0 Å². The maximum Gasteiger partial charge on any atom is 0.0982 e. The van der Waals surface area contributed by atoms with Gasteiger partial charge in [0.1, 0.15) is 0 Å². The fourth-order valence-corrected chi connectivity index (χ4v) is 0.436. The number of allylic oxidation sites excluding steroid dienone is 1. The summed E-state index contributed by atoms with van der Waals surface area (Å²) in [6.45, 7) is 1.81. The first-order valence-electron chi connectivity index (χ1n) is 2.75. The van der Waals surface area contributed by atoms with Gasteiger partial charge in [-0.05, 0) is 6.92 Å². The quantitative estimate of drug-likeness (QED) is 0.532. The zero-order valence-electron chi connectivity index (χ0n) is 6.01. The van der Waals surface area contributed by atoms with E-state index in [-0.39, 0.29) is 6.61 Å². The van der Waals surface area contributed by atoms with E-state index in [9.17, 15) is 0 Å². The van der Waals surface area contributed by atoms with Gasteiger partial charge in [-0.25, -0.2) is 0 Å². The van der Waals surface area contributed by atoms with Crippen molar-refractivity contribution in [1.29, 1.82) is 10.5 Å². The SMILES string of the molecule is COC/C(C#N)=C(/C)C#N. The first kappa shape index (κ1) is 8.68. The van der Waals surface area contributed by atoms with Gasteiger partial charge < -0.3 is 4.74 Å². The molecule has 0 aromatic heterocycles. The second kappa shape index (κ2) is 4.55. The summed E-state index contributed by atoms with van der Waals surface area (Å²) in [5, 5.41) is 16.8. The Morgan fingerprint density at radius 1 is 1.40 bits per heavy atom. The van der Waals surface area contributed by atoms with Gasteiger partial charge in [-0.15, -0.1) is 0 Å². The van der Waals surface area contributed by atoms with Crippen LogP contribution in [0.1, 0.15) is 6.92 Å². The predicted molar refractivity (Wildman–Crippen MR) is 35.8 cm³/mol. The van der Waals surface area contributed by atoms with Crippen LogP contribution in [0.15, 0.2) is 11.1 Å². The van der Waals surface area contributed by atoms with Crippen molar-refractivity contribution >= 4 is 0 Å². The van der Waals surface area contributed by atoms with Crippen LogP contribution in [0.5, 0.6) is 0 Å². The van der Waals surface area contributed by atoms with Crippen molar-refractivity contribution < 1.29 is 4.74 Å². The molecule has 0 rings (SSSR count). The lowest BCUT2D eigenvalue weighted by molar-refractivity contribution is 0.228. The van der Waals surface area contributed by atoms with Crippen LogP contribution in [0.3, 0.4) is 0 Å². The second-order valence-corrected chi connectivity index (χ2v) is 1.76. The minimum absolute atomic E-state index is 0.218. The number of hydrogen-bond acceptors (Lipinski definition) is 3. The molecule has 0 N–H and O–H groups in total. The number of ether oxygens (including phenoxy) is 1. The van der Waals surface area contributed by atoms with E-state index in [1.165, 1.54) is 7.11 Å². The molecule has 0 fully saturated rings. The van der Waals surface area contributed by atoms with Gasteiger partial charge in [0.25, 0.3) is 0 Å². The Kier molecular flexibility index (Phi) is 3.95. The van der Waals surface area contributed by atoms with Crippen molar-refractivity contribution in [1.82, 2.24) is 0 Å². The molecule has 0 aromatic carbocycles. The monoisotopic (exact) mass is 136 g/mol. The fourth-order valence-electron chi connectivity index (χ4n) is 0.436. The van der Waals surface area contributed by atoms with Crippen molar-refractivity contribution in [3.63, 3.8) is 0 Å². The van der Waals surface area contributed by atoms with E-state index < -0.39 is 0 Å². The molecule has 0 aliphatic rings. The van der Waals surface area contributed by atoms with E-state index in [1.807, 2.05) is 12.1 Å². The van der Waals surface area contributed by atoms with E-state index in [2.05, 4.69) is 4.74 Å². The molecule has 0 saturated carbocycles. The van der Waals surface area contributed by atoms with E-state index in [0.29, 0.717) is 11.1 Å². The molecule has 0 bridgehead atoms. The molecule has 10 heavy (non-hydrogen) atoms. The highest BCUT2D eigenvalue weighted by molar-refractivity contribution is 5.35. The molecule has 0 atom stereocenters. The van der Waals surface area contributed by atoms with Crippen LogP contribution in [-0.4, -0.2) is 13.7 Å². The second-order valence-electron chi connectivity index (χ2n) is 1.76. The molecule has 0 aliphatic heterocycles. The molecule has 0 spiro atoms. The third kappa shape index (κ3) is 2.30. The van der Waals surface area contributed by atoms with Crippen LogP contribution in [0.4, 0.5) is 0 Å². The average Bonchev–Trinajstić information content (AvgIpc) is 1.99. The minimum Gasteiger partial charge on any atom is -0.379 e. The Balaban J connectivity index is 4.38. The summed E-state index contributed by atoms with van der Waals surface area (Å²) in [5.41, 5.74) is 0.814. The molecule has 3 nitrogen and oxygen atoms in total. The fraction of sp³-hybridized carbons (Fsp3) is 0.429. The number of nitriles is 2. The normalized spacial score (nSPS) is 11.2. The van der Waals surface area contributed by atoms with Gasteiger partial charge in [-0.1, -0.05) is 0 Å². The zero-order chi connectivity index (χ0) is 7.98. The molecule has 0 radical (unpaired) electrons. The van der Waals surface area contributed by atoms with Crippen LogP contribution in [0, 0.1) is 22.7 Å². The highest BCUT2D eigenvalue weighted by Gasteiger charge is 1.98. The van der Waals surface area contributed by atoms with Crippen molar-refractivity contribution in [2.75, 3.05) is 13.7 Å². The maximum absolute atomic E-state index is 8.42. The van der Waals surface area contributed by atoms with Crippen molar-refractivity contribution in [2.24, 2.45) is 0 Å². The number of methoxy groups -OCH3 is 1. The lowest BCUT2D eigenvalue weighted by Crippen LogP contribution is -1.93. The molecule has 0 aliphatic carbocycles. The van der Waals surface area contributed by atoms with Gasteiger partial charge in [-0.3, -0.25) is 0 Å². The number of rotatable bonds is 2. The average molecular weight is 136 g/mol. The van der Waals surface area contributed by atoms with E-state index >= 15 is 0 Å². The summed E-state index contributed by atoms with van der Waals surface area (Å²) in [4.78, 5) is 0. The van der Waals surface area contributed by atoms with Crippen molar-refractivity contribution in [3.8, 4) is 12.1 Å². The molecule has 0 unspecified atom stereocenters. The molecular weight excluding hydrogens is 128 g/mol. The first-order chi connectivity index (χ1) is 4.76. The Morgan fingerprint density at radius 2 is 2.00 bits per heavy atom.